The Bertz CT molecular complexity index is 412. The van der Waals surface area contributed by atoms with Crippen molar-refractivity contribution in [2.24, 2.45) is 0 Å². The Balaban J connectivity index is 2.27. The Kier molecular flexibility index (Phi) is 3.09. The van der Waals surface area contributed by atoms with Crippen molar-refractivity contribution in [3.05, 3.63) is 20.5 Å². The van der Waals surface area contributed by atoms with Gasteiger partial charge in [0.2, 0.25) is 5.95 Å². The monoisotopic (exact) mass is 271 g/mol. The number of anilines is 1. The summed E-state index contributed by atoms with van der Waals surface area (Å²) in [6.45, 7) is 2.07. The third-order valence-corrected chi connectivity index (χ3v) is 3.15. The van der Waals surface area contributed by atoms with E-state index in [4.69, 9.17) is 0 Å². The van der Waals surface area contributed by atoms with Gasteiger partial charge >= 0.3 is 0 Å². The molecule has 1 fully saturated rings. The molecule has 1 saturated carbocycles. The fraction of sp³-hybridized carbons (Fsp3) is 0.600. The molecule has 1 heterocycles. The summed E-state index contributed by atoms with van der Waals surface area (Å²) in [5.74, 6) is 0.606. The number of aryl methyl sites for hydroxylation is 1. The minimum absolute atomic E-state index is 0.100. The highest BCUT2D eigenvalue weighted by molar-refractivity contribution is 9.10. The lowest BCUT2D eigenvalue weighted by Gasteiger charge is -2.06. The van der Waals surface area contributed by atoms with Crippen molar-refractivity contribution in [2.75, 3.05) is 5.32 Å². The molecule has 0 bridgehead atoms. The second-order valence-electron chi connectivity index (χ2n) is 3.84. The number of nitrogens with zero attached hydrogens (tertiary/aromatic N) is 1. The molecule has 0 unspecified atom stereocenters. The van der Waals surface area contributed by atoms with Crippen LogP contribution in [0.5, 0.6) is 0 Å². The molecule has 1 aliphatic carbocycles. The Morgan fingerprint density at radius 3 is 2.93 bits per heavy atom. The Hall–Kier alpha value is -0.840. The highest BCUT2D eigenvalue weighted by Crippen LogP contribution is 2.23. The van der Waals surface area contributed by atoms with Crippen LogP contribution in [0.1, 0.15) is 31.9 Å². The molecule has 2 rings (SSSR count). The van der Waals surface area contributed by atoms with Crippen LogP contribution in [0.4, 0.5) is 5.95 Å². The maximum atomic E-state index is 11.6. The van der Waals surface area contributed by atoms with Crippen LogP contribution in [-0.4, -0.2) is 16.0 Å². The fourth-order valence-electron chi connectivity index (χ4n) is 1.40. The molecule has 1 aliphatic rings. The first kappa shape index (κ1) is 10.7. The third-order valence-electron chi connectivity index (χ3n) is 2.34. The summed E-state index contributed by atoms with van der Waals surface area (Å²) in [4.78, 5) is 18.7. The van der Waals surface area contributed by atoms with Crippen molar-refractivity contribution in [1.29, 1.82) is 0 Å². The molecule has 0 saturated heterocycles. The lowest BCUT2D eigenvalue weighted by Crippen LogP contribution is -2.17. The summed E-state index contributed by atoms with van der Waals surface area (Å²) in [6, 6.07) is 0.504. The van der Waals surface area contributed by atoms with Gasteiger partial charge in [0.05, 0.1) is 5.69 Å². The molecule has 4 nitrogen and oxygen atoms in total. The molecule has 0 spiro atoms. The molecule has 0 aromatic carbocycles. The van der Waals surface area contributed by atoms with E-state index in [0.717, 1.165) is 18.5 Å². The van der Waals surface area contributed by atoms with Gasteiger partial charge in [-0.2, -0.15) is 0 Å². The van der Waals surface area contributed by atoms with E-state index in [0.29, 0.717) is 16.5 Å². The summed E-state index contributed by atoms with van der Waals surface area (Å²) in [5, 5.41) is 3.20. The molecule has 0 atom stereocenters. The van der Waals surface area contributed by atoms with Crippen LogP contribution >= 0.6 is 15.9 Å². The van der Waals surface area contributed by atoms with Gasteiger partial charge in [-0.1, -0.05) is 13.3 Å². The molecule has 82 valence electrons. The van der Waals surface area contributed by atoms with Gasteiger partial charge in [0.25, 0.3) is 5.56 Å². The van der Waals surface area contributed by atoms with E-state index >= 15 is 0 Å². The maximum absolute atomic E-state index is 11.6. The molecule has 15 heavy (non-hydrogen) atoms. The lowest BCUT2D eigenvalue weighted by molar-refractivity contribution is 0.855. The smallest absolute Gasteiger partial charge is 0.266 e. The van der Waals surface area contributed by atoms with E-state index < -0.39 is 0 Å². The first-order valence-electron chi connectivity index (χ1n) is 5.26. The predicted octanol–water partition coefficient (Wildman–Crippen LogP) is 2.06. The van der Waals surface area contributed by atoms with Gasteiger partial charge in [-0.05, 0) is 35.2 Å². The van der Waals surface area contributed by atoms with Gasteiger partial charge in [-0.25, -0.2) is 4.98 Å². The van der Waals surface area contributed by atoms with Crippen LogP contribution in [0, 0.1) is 0 Å². The van der Waals surface area contributed by atoms with E-state index in [-0.39, 0.29) is 5.56 Å². The number of hydrogen-bond acceptors (Lipinski definition) is 3. The molecular weight excluding hydrogens is 258 g/mol. The zero-order valence-electron chi connectivity index (χ0n) is 8.64. The van der Waals surface area contributed by atoms with Crippen LogP contribution < -0.4 is 10.9 Å². The molecule has 5 heteroatoms. The fourth-order valence-corrected chi connectivity index (χ4v) is 1.78. The van der Waals surface area contributed by atoms with Gasteiger partial charge in [0.15, 0.2) is 0 Å². The van der Waals surface area contributed by atoms with Crippen LogP contribution in [0.3, 0.4) is 0 Å². The van der Waals surface area contributed by atoms with Crippen LogP contribution in [-0.2, 0) is 6.42 Å². The van der Waals surface area contributed by atoms with Gasteiger partial charge in [-0.3, -0.25) is 9.78 Å². The highest BCUT2D eigenvalue weighted by Gasteiger charge is 2.22. The van der Waals surface area contributed by atoms with Gasteiger partial charge in [0.1, 0.15) is 4.47 Å². The second kappa shape index (κ2) is 4.35. The summed E-state index contributed by atoms with van der Waals surface area (Å²) in [6.07, 6.45) is 4.15. The van der Waals surface area contributed by atoms with Crippen molar-refractivity contribution >= 4 is 21.9 Å². The predicted molar refractivity (Wildman–Crippen MR) is 63.2 cm³/mol. The van der Waals surface area contributed by atoms with Crippen LogP contribution in [0.15, 0.2) is 9.27 Å². The molecule has 0 amide bonds. The standard InChI is InChI=1S/C10H14BrN3O/c1-2-3-7-8(11)9(15)14-10(13-7)12-6-4-5-6/h6H,2-5H2,1H3,(H2,12,13,14,15). The molecule has 0 radical (unpaired) electrons. The minimum atomic E-state index is -0.100. The van der Waals surface area contributed by atoms with E-state index in [1.165, 1.54) is 12.8 Å². The highest BCUT2D eigenvalue weighted by atomic mass is 79.9. The molecule has 1 aromatic heterocycles. The van der Waals surface area contributed by atoms with Gasteiger partial charge < -0.3 is 5.32 Å². The number of H-pyrrole nitrogens is 1. The largest absolute Gasteiger partial charge is 0.353 e. The Morgan fingerprint density at radius 2 is 2.33 bits per heavy atom. The first-order chi connectivity index (χ1) is 7.20. The van der Waals surface area contributed by atoms with Crippen molar-refractivity contribution in [3.8, 4) is 0 Å². The quantitative estimate of drug-likeness (QED) is 0.882. The minimum Gasteiger partial charge on any atom is -0.353 e. The van der Waals surface area contributed by atoms with Crippen molar-refractivity contribution in [3.63, 3.8) is 0 Å². The number of aromatic amines is 1. The van der Waals surface area contributed by atoms with E-state index in [2.05, 4.69) is 38.1 Å². The molecule has 0 aliphatic heterocycles. The van der Waals surface area contributed by atoms with E-state index in [1.54, 1.807) is 0 Å². The third kappa shape index (κ3) is 2.59. The number of hydrogen-bond donors (Lipinski definition) is 2. The van der Waals surface area contributed by atoms with Crippen molar-refractivity contribution < 1.29 is 0 Å². The first-order valence-corrected chi connectivity index (χ1v) is 6.05. The van der Waals surface area contributed by atoms with E-state index in [9.17, 15) is 4.79 Å². The van der Waals surface area contributed by atoms with E-state index in [1.807, 2.05) is 0 Å². The Labute approximate surface area is 96.6 Å². The number of rotatable bonds is 4. The molecule has 2 N–H and O–H groups in total. The van der Waals surface area contributed by atoms with Crippen LogP contribution in [0.2, 0.25) is 0 Å². The summed E-state index contributed by atoms with van der Waals surface area (Å²) in [7, 11) is 0. The zero-order chi connectivity index (χ0) is 10.8. The topological polar surface area (TPSA) is 57.8 Å². The summed E-state index contributed by atoms with van der Waals surface area (Å²) >= 11 is 3.26. The van der Waals surface area contributed by atoms with Crippen molar-refractivity contribution in [1.82, 2.24) is 9.97 Å². The summed E-state index contributed by atoms with van der Waals surface area (Å²) < 4.78 is 0.561. The second-order valence-corrected chi connectivity index (χ2v) is 4.64. The maximum Gasteiger partial charge on any atom is 0.266 e. The SMILES string of the molecule is CCCc1nc(NC2CC2)[nH]c(=O)c1Br. The zero-order valence-corrected chi connectivity index (χ0v) is 10.2. The average molecular weight is 272 g/mol. The Morgan fingerprint density at radius 1 is 1.60 bits per heavy atom. The number of nitrogens with one attached hydrogen (secondary N) is 2. The van der Waals surface area contributed by atoms with Gasteiger partial charge in [-0.15, -0.1) is 0 Å². The number of aromatic nitrogens is 2. The molecular formula is C10H14BrN3O. The average Bonchev–Trinajstić information content (AvgIpc) is 2.98. The normalized spacial score (nSPS) is 15.3. The molecule has 1 aromatic rings. The number of halogens is 1. The van der Waals surface area contributed by atoms with Crippen LogP contribution in [0.25, 0.3) is 0 Å². The van der Waals surface area contributed by atoms with Crippen molar-refractivity contribution in [2.45, 2.75) is 38.6 Å². The lowest BCUT2D eigenvalue weighted by atomic mass is 10.2. The van der Waals surface area contributed by atoms with Gasteiger partial charge in [0, 0.05) is 6.04 Å². The summed E-state index contributed by atoms with van der Waals surface area (Å²) in [5.41, 5.74) is 0.737.